The summed E-state index contributed by atoms with van der Waals surface area (Å²) >= 11 is 11.3. The second kappa shape index (κ2) is 8.56. The molecule has 30 heavy (non-hydrogen) atoms. The normalized spacial score (nSPS) is 10.6. The SMILES string of the molecule is Fc1ccc(NC(=S)Nc2ccc3ncnc(Nc4cccc(Cl)c4)c3c2)cc1F. The number of rotatable bonds is 4. The lowest BCUT2D eigenvalue weighted by Gasteiger charge is -2.13. The van der Waals surface area contributed by atoms with E-state index >= 15 is 0 Å². The highest BCUT2D eigenvalue weighted by Gasteiger charge is 2.08. The van der Waals surface area contributed by atoms with Crippen LogP contribution in [0.1, 0.15) is 0 Å². The zero-order valence-electron chi connectivity index (χ0n) is 15.3. The first-order valence-electron chi connectivity index (χ1n) is 8.78. The highest BCUT2D eigenvalue weighted by atomic mass is 35.5. The summed E-state index contributed by atoms with van der Waals surface area (Å²) in [5, 5.41) is 10.7. The Bertz CT molecular complexity index is 1250. The lowest BCUT2D eigenvalue weighted by Crippen LogP contribution is -2.19. The van der Waals surface area contributed by atoms with Gasteiger partial charge in [0.25, 0.3) is 0 Å². The standard InChI is InChI=1S/C21H14ClF2N5S/c22-12-2-1-3-13(8-12)27-20-16-9-14(5-7-19(16)25-11-26-20)28-21(30)29-15-4-6-17(23)18(24)10-15/h1-11H,(H,25,26,27)(H2,28,29,30). The van der Waals surface area contributed by atoms with Crippen LogP contribution in [0, 0.1) is 11.6 Å². The van der Waals surface area contributed by atoms with Gasteiger partial charge in [-0.2, -0.15) is 0 Å². The topological polar surface area (TPSA) is 61.9 Å². The van der Waals surface area contributed by atoms with E-state index in [0.29, 0.717) is 22.2 Å². The molecular formula is C21H14ClF2N5S. The van der Waals surface area contributed by atoms with Crippen molar-refractivity contribution in [3.63, 3.8) is 0 Å². The molecule has 3 N–H and O–H groups in total. The van der Waals surface area contributed by atoms with E-state index in [0.717, 1.165) is 28.7 Å². The number of fused-ring (bicyclic) bond motifs is 1. The van der Waals surface area contributed by atoms with Crippen LogP contribution in [0.2, 0.25) is 5.02 Å². The van der Waals surface area contributed by atoms with E-state index in [1.807, 2.05) is 24.3 Å². The monoisotopic (exact) mass is 441 g/mol. The molecule has 0 saturated carbocycles. The van der Waals surface area contributed by atoms with Crippen LogP contribution < -0.4 is 16.0 Å². The summed E-state index contributed by atoms with van der Waals surface area (Å²) in [6.07, 6.45) is 1.47. The number of benzene rings is 3. The third-order valence-electron chi connectivity index (χ3n) is 4.16. The Morgan fingerprint density at radius 3 is 2.37 bits per heavy atom. The molecule has 0 spiro atoms. The lowest BCUT2D eigenvalue weighted by molar-refractivity contribution is 0.509. The molecule has 1 heterocycles. The van der Waals surface area contributed by atoms with E-state index in [1.54, 1.807) is 18.2 Å². The van der Waals surface area contributed by atoms with E-state index in [4.69, 9.17) is 23.8 Å². The number of nitrogens with zero attached hydrogens (tertiary/aromatic N) is 2. The maximum atomic E-state index is 13.4. The van der Waals surface area contributed by atoms with Gasteiger partial charge >= 0.3 is 0 Å². The molecule has 0 radical (unpaired) electrons. The van der Waals surface area contributed by atoms with Gasteiger partial charge in [0, 0.05) is 33.5 Å². The van der Waals surface area contributed by atoms with Crippen molar-refractivity contribution in [3.8, 4) is 0 Å². The molecule has 4 rings (SSSR count). The van der Waals surface area contributed by atoms with Gasteiger partial charge in [-0.15, -0.1) is 0 Å². The highest BCUT2D eigenvalue weighted by molar-refractivity contribution is 7.80. The fourth-order valence-corrected chi connectivity index (χ4v) is 3.23. The van der Waals surface area contributed by atoms with Gasteiger partial charge in [0.1, 0.15) is 12.1 Å². The van der Waals surface area contributed by atoms with Gasteiger partial charge in [0.15, 0.2) is 16.7 Å². The van der Waals surface area contributed by atoms with Crippen LogP contribution in [0.25, 0.3) is 10.9 Å². The van der Waals surface area contributed by atoms with Crippen molar-refractivity contribution in [1.29, 1.82) is 0 Å². The third kappa shape index (κ3) is 4.61. The van der Waals surface area contributed by atoms with Crippen molar-refractivity contribution in [2.45, 2.75) is 0 Å². The van der Waals surface area contributed by atoms with E-state index in [9.17, 15) is 8.78 Å². The number of anilines is 4. The largest absolute Gasteiger partial charge is 0.340 e. The lowest BCUT2D eigenvalue weighted by atomic mass is 10.2. The van der Waals surface area contributed by atoms with Gasteiger partial charge in [-0.1, -0.05) is 17.7 Å². The van der Waals surface area contributed by atoms with Crippen molar-refractivity contribution in [2.75, 3.05) is 16.0 Å². The summed E-state index contributed by atoms with van der Waals surface area (Å²) in [6.45, 7) is 0. The number of halogens is 3. The van der Waals surface area contributed by atoms with Gasteiger partial charge in [-0.25, -0.2) is 18.7 Å². The first-order valence-corrected chi connectivity index (χ1v) is 9.57. The quantitative estimate of drug-likeness (QED) is 0.332. The summed E-state index contributed by atoms with van der Waals surface area (Å²) < 4.78 is 26.4. The Morgan fingerprint density at radius 2 is 1.60 bits per heavy atom. The van der Waals surface area contributed by atoms with Crippen LogP contribution in [-0.2, 0) is 0 Å². The number of nitrogens with one attached hydrogen (secondary N) is 3. The molecule has 0 saturated heterocycles. The molecular weight excluding hydrogens is 428 g/mol. The predicted octanol–water partition coefficient (Wildman–Crippen LogP) is 6.11. The molecule has 0 aliphatic heterocycles. The molecule has 1 aromatic heterocycles. The van der Waals surface area contributed by atoms with Crippen LogP contribution in [0.3, 0.4) is 0 Å². The molecule has 3 aromatic carbocycles. The maximum Gasteiger partial charge on any atom is 0.175 e. The van der Waals surface area contributed by atoms with E-state index in [-0.39, 0.29) is 5.11 Å². The van der Waals surface area contributed by atoms with Gasteiger partial charge < -0.3 is 16.0 Å². The molecule has 150 valence electrons. The first kappa shape index (κ1) is 19.9. The molecule has 0 unspecified atom stereocenters. The molecule has 0 fully saturated rings. The highest BCUT2D eigenvalue weighted by Crippen LogP contribution is 2.27. The Hall–Kier alpha value is -3.36. The van der Waals surface area contributed by atoms with Gasteiger partial charge in [-0.05, 0) is 60.7 Å². The van der Waals surface area contributed by atoms with Gasteiger partial charge in [-0.3, -0.25) is 0 Å². The minimum atomic E-state index is -0.956. The molecule has 0 aliphatic carbocycles. The van der Waals surface area contributed by atoms with Crippen LogP contribution in [0.15, 0.2) is 67.0 Å². The van der Waals surface area contributed by atoms with Gasteiger partial charge in [0.05, 0.1) is 5.52 Å². The van der Waals surface area contributed by atoms with Gasteiger partial charge in [0.2, 0.25) is 0 Å². The summed E-state index contributed by atoms with van der Waals surface area (Å²) in [5.74, 6) is -1.28. The summed E-state index contributed by atoms with van der Waals surface area (Å²) in [6, 6.07) is 16.2. The Kier molecular flexibility index (Phi) is 5.69. The fourth-order valence-electron chi connectivity index (χ4n) is 2.80. The summed E-state index contributed by atoms with van der Waals surface area (Å²) in [5.41, 5.74) is 2.53. The molecule has 9 heteroatoms. The Balaban J connectivity index is 1.56. The second-order valence-electron chi connectivity index (χ2n) is 6.30. The molecule has 0 atom stereocenters. The van der Waals surface area contributed by atoms with Crippen LogP contribution in [0.5, 0.6) is 0 Å². The number of aromatic nitrogens is 2. The minimum Gasteiger partial charge on any atom is -0.340 e. The van der Waals surface area contributed by atoms with Crippen molar-refractivity contribution in [1.82, 2.24) is 9.97 Å². The number of thiocarbonyl (C=S) groups is 1. The first-order chi connectivity index (χ1) is 14.5. The van der Waals surface area contributed by atoms with Crippen molar-refractivity contribution < 1.29 is 8.78 Å². The molecule has 0 bridgehead atoms. The number of hydrogen-bond acceptors (Lipinski definition) is 4. The smallest absolute Gasteiger partial charge is 0.175 e. The number of hydrogen-bond donors (Lipinski definition) is 3. The van der Waals surface area contributed by atoms with Crippen molar-refractivity contribution in [3.05, 3.63) is 83.6 Å². The van der Waals surface area contributed by atoms with E-state index in [1.165, 1.54) is 12.4 Å². The molecule has 0 amide bonds. The summed E-state index contributed by atoms with van der Waals surface area (Å²) in [7, 11) is 0. The zero-order valence-corrected chi connectivity index (χ0v) is 16.9. The van der Waals surface area contributed by atoms with Crippen LogP contribution in [-0.4, -0.2) is 15.1 Å². The summed E-state index contributed by atoms with van der Waals surface area (Å²) in [4.78, 5) is 8.60. The third-order valence-corrected chi connectivity index (χ3v) is 4.60. The average Bonchev–Trinajstić information content (AvgIpc) is 2.71. The van der Waals surface area contributed by atoms with Crippen molar-refractivity contribution in [2.24, 2.45) is 0 Å². The minimum absolute atomic E-state index is 0.224. The Labute approximate surface area is 181 Å². The maximum absolute atomic E-state index is 13.4. The van der Waals surface area contributed by atoms with E-state index < -0.39 is 11.6 Å². The average molecular weight is 442 g/mol. The van der Waals surface area contributed by atoms with Crippen molar-refractivity contribution >= 4 is 62.7 Å². The second-order valence-corrected chi connectivity index (χ2v) is 7.14. The zero-order chi connectivity index (χ0) is 21.1. The predicted molar refractivity (Wildman–Crippen MR) is 120 cm³/mol. The van der Waals surface area contributed by atoms with E-state index in [2.05, 4.69) is 25.9 Å². The molecule has 4 aromatic rings. The molecule has 5 nitrogen and oxygen atoms in total. The Morgan fingerprint density at radius 1 is 0.833 bits per heavy atom. The molecule has 0 aliphatic rings. The van der Waals surface area contributed by atoms with Crippen LogP contribution >= 0.6 is 23.8 Å². The van der Waals surface area contributed by atoms with Crippen LogP contribution in [0.4, 0.5) is 31.7 Å². The fraction of sp³-hybridized carbons (Fsp3) is 0.